The Labute approximate surface area is 79.4 Å². The minimum atomic E-state index is 0.194. The maximum atomic E-state index is 9.51. The van der Waals surface area contributed by atoms with E-state index in [1.54, 1.807) is 6.07 Å². The minimum Gasteiger partial charge on any atom is -0.508 e. The normalized spacial score (nSPS) is 12.8. The minimum absolute atomic E-state index is 0.194. The van der Waals surface area contributed by atoms with Gasteiger partial charge in [0.15, 0.2) is 0 Å². The van der Waals surface area contributed by atoms with Crippen LogP contribution in [0.5, 0.6) is 5.75 Å². The number of benzene rings is 1. The van der Waals surface area contributed by atoms with Crippen LogP contribution in [0, 0.1) is 6.92 Å². The van der Waals surface area contributed by atoms with Crippen molar-refractivity contribution in [1.82, 2.24) is 0 Å². The monoisotopic (exact) mass is 179 g/mol. The first-order valence-electron chi connectivity index (χ1n) is 4.63. The van der Waals surface area contributed by atoms with Gasteiger partial charge in [0.1, 0.15) is 5.75 Å². The summed E-state index contributed by atoms with van der Waals surface area (Å²) in [6.45, 7) is 4.00. The number of phenolic OH excluding ortho intramolecular Hbond substituents is 1. The quantitative estimate of drug-likeness (QED) is 0.745. The fraction of sp³-hybridized carbons (Fsp3) is 0.455. The third-order valence-corrected chi connectivity index (χ3v) is 2.10. The Morgan fingerprint density at radius 2 is 2.15 bits per heavy atom. The highest BCUT2D eigenvalue weighted by Crippen LogP contribution is 2.19. The SMILES string of the molecule is Cc1ccc(O)c(CCC(C)N)c1. The smallest absolute Gasteiger partial charge is 0.118 e. The Kier molecular flexibility index (Phi) is 3.32. The maximum absolute atomic E-state index is 9.51. The van der Waals surface area contributed by atoms with Gasteiger partial charge in [-0.2, -0.15) is 0 Å². The maximum Gasteiger partial charge on any atom is 0.118 e. The van der Waals surface area contributed by atoms with E-state index in [0.29, 0.717) is 5.75 Å². The Morgan fingerprint density at radius 3 is 2.77 bits per heavy atom. The van der Waals surface area contributed by atoms with Crippen LogP contribution in [0.3, 0.4) is 0 Å². The molecular weight excluding hydrogens is 162 g/mol. The summed E-state index contributed by atoms with van der Waals surface area (Å²) >= 11 is 0. The van der Waals surface area contributed by atoms with Crippen LogP contribution in [0.4, 0.5) is 0 Å². The molecule has 0 saturated heterocycles. The lowest BCUT2D eigenvalue weighted by atomic mass is 10.0. The van der Waals surface area contributed by atoms with Gasteiger partial charge in [-0.25, -0.2) is 0 Å². The number of nitrogens with two attached hydrogens (primary N) is 1. The summed E-state index contributed by atoms with van der Waals surface area (Å²) in [5, 5.41) is 9.51. The van der Waals surface area contributed by atoms with Gasteiger partial charge in [-0.1, -0.05) is 17.7 Å². The van der Waals surface area contributed by atoms with Gasteiger partial charge in [0.2, 0.25) is 0 Å². The molecule has 0 heterocycles. The molecule has 1 rings (SSSR count). The van der Waals surface area contributed by atoms with Crippen molar-refractivity contribution < 1.29 is 5.11 Å². The molecule has 0 bridgehead atoms. The first kappa shape index (κ1) is 10.1. The summed E-state index contributed by atoms with van der Waals surface area (Å²) in [6, 6.07) is 5.86. The van der Waals surface area contributed by atoms with Crippen LogP contribution < -0.4 is 5.73 Å². The lowest BCUT2D eigenvalue weighted by molar-refractivity contribution is 0.465. The standard InChI is InChI=1S/C11H17NO/c1-8-3-6-11(13)10(7-8)5-4-9(2)12/h3,6-7,9,13H,4-5,12H2,1-2H3. The summed E-state index contributed by atoms with van der Waals surface area (Å²) in [6.07, 6.45) is 1.77. The molecule has 0 fully saturated rings. The number of aryl methyl sites for hydroxylation is 2. The zero-order chi connectivity index (χ0) is 9.84. The second-order valence-corrected chi connectivity index (χ2v) is 3.65. The van der Waals surface area contributed by atoms with Crippen molar-refractivity contribution in [2.45, 2.75) is 32.7 Å². The van der Waals surface area contributed by atoms with Crippen molar-refractivity contribution in [3.05, 3.63) is 29.3 Å². The van der Waals surface area contributed by atoms with E-state index in [-0.39, 0.29) is 6.04 Å². The van der Waals surface area contributed by atoms with Crippen LogP contribution in [0.2, 0.25) is 0 Å². The molecule has 0 saturated carbocycles. The first-order valence-corrected chi connectivity index (χ1v) is 4.63. The van der Waals surface area contributed by atoms with Crippen LogP contribution in [-0.4, -0.2) is 11.1 Å². The van der Waals surface area contributed by atoms with Crippen molar-refractivity contribution in [2.75, 3.05) is 0 Å². The van der Waals surface area contributed by atoms with Crippen molar-refractivity contribution in [1.29, 1.82) is 0 Å². The van der Waals surface area contributed by atoms with Gasteiger partial charge in [-0.05, 0) is 38.3 Å². The van der Waals surface area contributed by atoms with Crippen LogP contribution in [0.15, 0.2) is 18.2 Å². The second-order valence-electron chi connectivity index (χ2n) is 3.65. The molecule has 1 atom stereocenters. The number of phenols is 1. The van der Waals surface area contributed by atoms with Crippen LogP contribution >= 0.6 is 0 Å². The average Bonchev–Trinajstić information content (AvgIpc) is 2.06. The van der Waals surface area contributed by atoms with Crippen molar-refractivity contribution in [3.8, 4) is 5.75 Å². The molecule has 1 aromatic rings. The van der Waals surface area contributed by atoms with Crippen LogP contribution in [0.25, 0.3) is 0 Å². The molecule has 0 aliphatic heterocycles. The molecule has 72 valence electrons. The molecule has 13 heavy (non-hydrogen) atoms. The van der Waals surface area contributed by atoms with Crippen LogP contribution in [0.1, 0.15) is 24.5 Å². The van der Waals surface area contributed by atoms with E-state index in [9.17, 15) is 5.11 Å². The Bertz CT molecular complexity index is 281. The van der Waals surface area contributed by atoms with E-state index in [4.69, 9.17) is 5.73 Å². The van der Waals surface area contributed by atoms with Crippen molar-refractivity contribution >= 4 is 0 Å². The first-order chi connectivity index (χ1) is 6.09. The summed E-state index contributed by atoms with van der Waals surface area (Å²) < 4.78 is 0. The van der Waals surface area contributed by atoms with Gasteiger partial charge < -0.3 is 10.8 Å². The van der Waals surface area contributed by atoms with E-state index >= 15 is 0 Å². The second kappa shape index (κ2) is 4.28. The van der Waals surface area contributed by atoms with E-state index in [2.05, 4.69) is 0 Å². The Hall–Kier alpha value is -1.02. The predicted molar refractivity (Wildman–Crippen MR) is 54.8 cm³/mol. The third-order valence-electron chi connectivity index (χ3n) is 2.10. The fourth-order valence-corrected chi connectivity index (χ4v) is 1.30. The highest BCUT2D eigenvalue weighted by molar-refractivity contribution is 5.35. The zero-order valence-corrected chi connectivity index (χ0v) is 8.25. The number of hydrogen-bond acceptors (Lipinski definition) is 2. The summed E-state index contributed by atoms with van der Waals surface area (Å²) in [7, 11) is 0. The molecule has 1 aromatic carbocycles. The van der Waals surface area contributed by atoms with E-state index in [0.717, 1.165) is 18.4 Å². The van der Waals surface area contributed by atoms with Gasteiger partial charge in [-0.3, -0.25) is 0 Å². The summed E-state index contributed by atoms with van der Waals surface area (Å²) in [5.41, 5.74) is 7.82. The molecule has 0 amide bonds. The zero-order valence-electron chi connectivity index (χ0n) is 8.25. The van der Waals surface area contributed by atoms with Gasteiger partial charge in [-0.15, -0.1) is 0 Å². The van der Waals surface area contributed by atoms with Gasteiger partial charge in [0.25, 0.3) is 0 Å². The summed E-state index contributed by atoms with van der Waals surface area (Å²) in [4.78, 5) is 0. The average molecular weight is 179 g/mol. The highest BCUT2D eigenvalue weighted by atomic mass is 16.3. The van der Waals surface area contributed by atoms with Gasteiger partial charge >= 0.3 is 0 Å². The highest BCUT2D eigenvalue weighted by Gasteiger charge is 2.02. The largest absolute Gasteiger partial charge is 0.508 e. The topological polar surface area (TPSA) is 46.2 Å². The van der Waals surface area contributed by atoms with E-state index in [1.165, 1.54) is 5.56 Å². The Morgan fingerprint density at radius 1 is 1.46 bits per heavy atom. The molecule has 0 spiro atoms. The van der Waals surface area contributed by atoms with Crippen LogP contribution in [-0.2, 0) is 6.42 Å². The van der Waals surface area contributed by atoms with Gasteiger partial charge in [0.05, 0.1) is 0 Å². The third kappa shape index (κ3) is 3.07. The molecule has 2 heteroatoms. The van der Waals surface area contributed by atoms with Gasteiger partial charge in [0, 0.05) is 6.04 Å². The fourth-order valence-electron chi connectivity index (χ4n) is 1.30. The number of hydrogen-bond donors (Lipinski definition) is 2. The molecule has 3 N–H and O–H groups in total. The summed E-state index contributed by atoms with van der Waals surface area (Å²) in [5.74, 6) is 0.381. The number of rotatable bonds is 3. The van der Waals surface area contributed by atoms with Crippen molar-refractivity contribution in [2.24, 2.45) is 5.73 Å². The van der Waals surface area contributed by atoms with Crippen molar-refractivity contribution in [3.63, 3.8) is 0 Å². The molecule has 0 radical (unpaired) electrons. The van der Waals surface area contributed by atoms with E-state index < -0.39 is 0 Å². The molecule has 0 aliphatic rings. The molecule has 1 unspecified atom stereocenters. The predicted octanol–water partition coefficient (Wildman–Crippen LogP) is 1.98. The molecule has 0 aromatic heterocycles. The molecular formula is C11H17NO. The number of aromatic hydroxyl groups is 1. The Balaban J connectivity index is 2.70. The molecule has 0 aliphatic carbocycles. The van der Waals surface area contributed by atoms with E-state index in [1.807, 2.05) is 26.0 Å². The lowest BCUT2D eigenvalue weighted by Gasteiger charge is -2.07. The lowest BCUT2D eigenvalue weighted by Crippen LogP contribution is -2.15. The molecule has 2 nitrogen and oxygen atoms in total.